The van der Waals surface area contributed by atoms with Crippen LogP contribution in [0.15, 0.2) is 54.1 Å². The van der Waals surface area contributed by atoms with Crippen molar-refractivity contribution in [1.82, 2.24) is 0 Å². The van der Waals surface area contributed by atoms with Crippen LogP contribution in [-0.2, 0) is 4.79 Å². The molecule has 0 aliphatic heterocycles. The van der Waals surface area contributed by atoms with Crippen molar-refractivity contribution in [3.05, 3.63) is 59.7 Å². The summed E-state index contributed by atoms with van der Waals surface area (Å²) in [5.41, 5.74) is -4.55. The second-order valence-electron chi connectivity index (χ2n) is 5.19. The van der Waals surface area contributed by atoms with Crippen molar-refractivity contribution in [3.8, 4) is 0 Å². The molecule has 0 heterocycles. The molecule has 2 nitrogen and oxygen atoms in total. The Morgan fingerprint density at radius 1 is 0.875 bits per heavy atom. The summed E-state index contributed by atoms with van der Waals surface area (Å²) in [5.74, 6) is -2.16. The molecule has 1 aliphatic rings. The second-order valence-corrected chi connectivity index (χ2v) is 5.19. The normalized spacial score (nSPS) is 17.3. The standard InChI is InChI=1S/C16H10F6O2/c17-15(18,19)14(16(20,21)22)8-6-11(7-9-14)13(24)12(23)10-4-2-1-3-5-10/h1-8H,9H2. The summed E-state index contributed by atoms with van der Waals surface area (Å²) in [4.78, 5) is 23.9. The molecule has 0 saturated carbocycles. The molecule has 0 unspecified atom stereocenters. The predicted molar refractivity (Wildman–Crippen MR) is 72.2 cm³/mol. The van der Waals surface area contributed by atoms with Crippen molar-refractivity contribution in [2.24, 2.45) is 5.41 Å². The quantitative estimate of drug-likeness (QED) is 0.460. The van der Waals surface area contributed by atoms with Crippen molar-refractivity contribution in [3.63, 3.8) is 0 Å². The summed E-state index contributed by atoms with van der Waals surface area (Å²) < 4.78 is 77.4. The lowest BCUT2D eigenvalue weighted by Crippen LogP contribution is -2.49. The summed E-state index contributed by atoms with van der Waals surface area (Å²) in [6.45, 7) is 0. The van der Waals surface area contributed by atoms with Crippen LogP contribution in [0.2, 0.25) is 0 Å². The second kappa shape index (κ2) is 5.92. The largest absolute Gasteiger partial charge is 0.406 e. The van der Waals surface area contributed by atoms with Gasteiger partial charge in [-0.25, -0.2) is 0 Å². The minimum Gasteiger partial charge on any atom is -0.285 e. The van der Waals surface area contributed by atoms with Crippen LogP contribution in [0.4, 0.5) is 26.3 Å². The van der Waals surface area contributed by atoms with Gasteiger partial charge in [-0.05, 0) is 6.42 Å². The Kier molecular flexibility index (Phi) is 4.43. The van der Waals surface area contributed by atoms with E-state index in [1.807, 2.05) is 0 Å². The van der Waals surface area contributed by atoms with Gasteiger partial charge in [0.15, 0.2) is 5.41 Å². The Labute approximate surface area is 132 Å². The molecule has 0 aromatic heterocycles. The highest BCUT2D eigenvalue weighted by molar-refractivity contribution is 6.49. The summed E-state index contributed by atoms with van der Waals surface area (Å²) in [7, 11) is 0. The van der Waals surface area contributed by atoms with Gasteiger partial charge in [0.25, 0.3) is 0 Å². The molecular formula is C16H10F6O2. The average molecular weight is 348 g/mol. The third-order valence-electron chi connectivity index (χ3n) is 3.71. The minimum absolute atomic E-state index is 0.000259. The lowest BCUT2D eigenvalue weighted by Gasteiger charge is -2.35. The molecule has 0 saturated heterocycles. The van der Waals surface area contributed by atoms with Gasteiger partial charge >= 0.3 is 12.4 Å². The molecule has 24 heavy (non-hydrogen) atoms. The lowest BCUT2D eigenvalue weighted by molar-refractivity contribution is -0.320. The first kappa shape index (κ1) is 18.0. The van der Waals surface area contributed by atoms with Crippen LogP contribution in [0.25, 0.3) is 0 Å². The summed E-state index contributed by atoms with van der Waals surface area (Å²) in [6.07, 6.45) is -11.8. The molecule has 1 aromatic carbocycles. The van der Waals surface area contributed by atoms with Gasteiger partial charge in [0, 0.05) is 11.1 Å². The topological polar surface area (TPSA) is 34.1 Å². The zero-order valence-corrected chi connectivity index (χ0v) is 11.9. The first-order valence-corrected chi connectivity index (χ1v) is 6.66. The zero-order chi connectivity index (χ0) is 18.2. The van der Waals surface area contributed by atoms with Crippen molar-refractivity contribution >= 4 is 11.6 Å². The third kappa shape index (κ3) is 3.00. The van der Waals surface area contributed by atoms with E-state index >= 15 is 0 Å². The van der Waals surface area contributed by atoms with E-state index in [0.29, 0.717) is 12.2 Å². The minimum atomic E-state index is -5.57. The Morgan fingerprint density at radius 2 is 1.42 bits per heavy atom. The summed E-state index contributed by atoms with van der Waals surface area (Å²) >= 11 is 0. The fourth-order valence-electron chi connectivity index (χ4n) is 2.24. The van der Waals surface area contributed by atoms with Crippen LogP contribution in [0.1, 0.15) is 16.8 Å². The van der Waals surface area contributed by atoms with E-state index in [2.05, 4.69) is 0 Å². The van der Waals surface area contributed by atoms with E-state index in [1.54, 1.807) is 6.07 Å². The van der Waals surface area contributed by atoms with Crippen LogP contribution in [0.3, 0.4) is 0 Å². The van der Waals surface area contributed by atoms with Crippen LogP contribution >= 0.6 is 0 Å². The highest BCUT2D eigenvalue weighted by Crippen LogP contribution is 2.55. The van der Waals surface area contributed by atoms with Crippen LogP contribution in [-0.4, -0.2) is 23.9 Å². The van der Waals surface area contributed by atoms with Gasteiger partial charge in [0.05, 0.1) is 0 Å². The molecule has 0 spiro atoms. The number of halogens is 6. The Balaban J connectivity index is 2.29. The van der Waals surface area contributed by atoms with Crippen LogP contribution < -0.4 is 0 Å². The summed E-state index contributed by atoms with van der Waals surface area (Å²) in [6, 6.07) is 7.18. The average Bonchev–Trinajstić information content (AvgIpc) is 2.52. The highest BCUT2D eigenvalue weighted by Gasteiger charge is 2.69. The number of benzene rings is 1. The molecule has 1 aliphatic carbocycles. The maximum atomic E-state index is 12.9. The lowest BCUT2D eigenvalue weighted by atomic mass is 9.77. The number of hydrogen-bond donors (Lipinski definition) is 0. The molecule has 8 heteroatoms. The first-order valence-electron chi connectivity index (χ1n) is 6.66. The molecule has 128 valence electrons. The van der Waals surface area contributed by atoms with E-state index in [1.165, 1.54) is 24.3 Å². The molecule has 2 rings (SSSR count). The van der Waals surface area contributed by atoms with Gasteiger partial charge in [0.1, 0.15) is 0 Å². The molecule has 0 atom stereocenters. The summed E-state index contributed by atoms with van der Waals surface area (Å²) in [5, 5.41) is 0. The SMILES string of the molecule is O=C(C(=O)c1ccccc1)C1=CCC(C(F)(F)F)(C(F)(F)F)C=C1. The van der Waals surface area contributed by atoms with Gasteiger partial charge in [-0.2, -0.15) is 26.3 Å². The molecule has 0 radical (unpaired) electrons. The van der Waals surface area contributed by atoms with E-state index in [9.17, 15) is 35.9 Å². The monoisotopic (exact) mass is 348 g/mol. The van der Waals surface area contributed by atoms with Crippen molar-refractivity contribution in [2.45, 2.75) is 18.8 Å². The Bertz CT molecular complexity index is 696. The van der Waals surface area contributed by atoms with E-state index < -0.39 is 41.3 Å². The van der Waals surface area contributed by atoms with Crippen molar-refractivity contribution < 1.29 is 35.9 Å². The highest BCUT2D eigenvalue weighted by atomic mass is 19.4. The molecule has 0 bridgehead atoms. The number of carbonyl (C=O) groups excluding carboxylic acids is 2. The molecule has 0 N–H and O–H groups in total. The van der Waals surface area contributed by atoms with Crippen molar-refractivity contribution in [1.29, 1.82) is 0 Å². The van der Waals surface area contributed by atoms with Gasteiger partial charge in [-0.3, -0.25) is 9.59 Å². The van der Waals surface area contributed by atoms with Gasteiger partial charge in [-0.15, -0.1) is 0 Å². The third-order valence-corrected chi connectivity index (χ3v) is 3.71. The molecular weight excluding hydrogens is 338 g/mol. The number of allylic oxidation sites excluding steroid dienone is 4. The maximum Gasteiger partial charge on any atom is 0.406 e. The van der Waals surface area contributed by atoms with E-state index in [4.69, 9.17) is 0 Å². The first-order chi connectivity index (χ1) is 11.0. The van der Waals surface area contributed by atoms with Gasteiger partial charge < -0.3 is 0 Å². The molecule has 1 aromatic rings. The number of rotatable bonds is 3. The fourth-order valence-corrected chi connectivity index (χ4v) is 2.24. The van der Waals surface area contributed by atoms with Gasteiger partial charge in [-0.1, -0.05) is 48.6 Å². The number of carbonyl (C=O) groups is 2. The number of Topliss-reactive ketones (excluding diaryl/α,β-unsaturated/α-hetero) is 2. The Morgan fingerprint density at radius 3 is 1.83 bits per heavy atom. The maximum absolute atomic E-state index is 12.9. The number of ketones is 2. The molecule has 0 amide bonds. The molecule has 0 fully saturated rings. The van der Waals surface area contributed by atoms with Crippen molar-refractivity contribution in [2.75, 3.05) is 0 Å². The van der Waals surface area contributed by atoms with E-state index in [-0.39, 0.29) is 11.6 Å². The van der Waals surface area contributed by atoms with Crippen LogP contribution in [0.5, 0.6) is 0 Å². The predicted octanol–water partition coefficient (Wildman–Crippen LogP) is 4.44. The smallest absolute Gasteiger partial charge is 0.285 e. The van der Waals surface area contributed by atoms with E-state index in [0.717, 1.165) is 0 Å². The number of hydrogen-bond acceptors (Lipinski definition) is 2. The number of alkyl halides is 6. The fraction of sp³-hybridized carbons (Fsp3) is 0.250. The Hall–Kier alpha value is -2.38. The van der Waals surface area contributed by atoms with Crippen LogP contribution in [0, 0.1) is 5.41 Å². The zero-order valence-electron chi connectivity index (χ0n) is 11.9. The van der Waals surface area contributed by atoms with Gasteiger partial charge in [0.2, 0.25) is 11.6 Å².